The minimum absolute atomic E-state index is 0.154. The number of allylic oxidation sites excluding steroid dienone is 1. The van der Waals surface area contributed by atoms with E-state index in [9.17, 15) is 9.59 Å². The lowest BCUT2D eigenvalue weighted by atomic mass is 10.0. The molecular weight excluding hydrogens is 440 g/mol. The van der Waals surface area contributed by atoms with E-state index in [0.29, 0.717) is 16.9 Å². The lowest BCUT2D eigenvalue weighted by molar-refractivity contribution is 0.0990. The van der Waals surface area contributed by atoms with Gasteiger partial charge in [-0.1, -0.05) is 60.7 Å². The summed E-state index contributed by atoms with van der Waals surface area (Å²) in [5, 5.41) is 4.30. The summed E-state index contributed by atoms with van der Waals surface area (Å²) in [7, 11) is 0. The number of fused-ring (bicyclic) bond motifs is 4. The van der Waals surface area contributed by atoms with Crippen LogP contribution in [0.5, 0.6) is 0 Å². The van der Waals surface area contributed by atoms with Crippen LogP contribution >= 0.6 is 11.3 Å². The van der Waals surface area contributed by atoms with E-state index in [4.69, 9.17) is 4.42 Å². The van der Waals surface area contributed by atoms with Gasteiger partial charge >= 0.3 is 0 Å². The van der Waals surface area contributed by atoms with Crippen molar-refractivity contribution in [2.45, 2.75) is 0 Å². The van der Waals surface area contributed by atoms with Crippen LogP contribution in [0.1, 0.15) is 26.5 Å². The van der Waals surface area contributed by atoms with Gasteiger partial charge in [0.2, 0.25) is 0 Å². The van der Waals surface area contributed by atoms with Crippen LogP contribution in [0, 0.1) is 0 Å². The third-order valence-electron chi connectivity index (χ3n) is 6.41. The SMILES string of the molecule is O=C1C(=Cc2cc3sc(-c4ccc5ccccc5c4)cc3o2)C(=O)c2cc3ccccc3cc21. The van der Waals surface area contributed by atoms with E-state index in [0.717, 1.165) is 31.5 Å². The van der Waals surface area contributed by atoms with Gasteiger partial charge in [0.1, 0.15) is 11.3 Å². The molecule has 0 N–H and O–H groups in total. The number of Topliss-reactive ketones (excluding diaryl/α,β-unsaturated/α-hetero) is 2. The van der Waals surface area contributed by atoms with Crippen molar-refractivity contribution in [3.63, 3.8) is 0 Å². The summed E-state index contributed by atoms with van der Waals surface area (Å²) in [6, 6.07) is 30.0. The fraction of sp³-hybridized carbons (Fsp3) is 0. The fourth-order valence-electron chi connectivity index (χ4n) is 4.69. The summed E-state index contributed by atoms with van der Waals surface area (Å²) in [5.74, 6) is 0.0186. The van der Waals surface area contributed by atoms with Crippen molar-refractivity contribution in [3.8, 4) is 10.4 Å². The molecular formula is C30H16O3S. The molecule has 0 bridgehead atoms. The summed E-state index contributed by atoms with van der Waals surface area (Å²) in [4.78, 5) is 27.2. The molecule has 7 rings (SSSR count). The van der Waals surface area contributed by atoms with Gasteiger partial charge in [-0.2, -0.15) is 0 Å². The number of furan rings is 1. The number of ketones is 2. The number of hydrogen-bond acceptors (Lipinski definition) is 4. The Hall–Kier alpha value is -4.28. The van der Waals surface area contributed by atoms with Gasteiger partial charge in [0.25, 0.3) is 0 Å². The molecule has 160 valence electrons. The topological polar surface area (TPSA) is 47.3 Å². The smallest absolute Gasteiger partial charge is 0.197 e. The molecule has 6 aromatic rings. The Kier molecular flexibility index (Phi) is 4.02. The van der Waals surface area contributed by atoms with Crippen molar-refractivity contribution < 1.29 is 14.0 Å². The lowest BCUT2D eigenvalue weighted by Crippen LogP contribution is -1.99. The Morgan fingerprint density at radius 3 is 1.91 bits per heavy atom. The first-order chi connectivity index (χ1) is 16.6. The highest BCUT2D eigenvalue weighted by Crippen LogP contribution is 2.38. The number of rotatable bonds is 2. The van der Waals surface area contributed by atoms with Gasteiger partial charge in [-0.05, 0) is 51.4 Å². The average Bonchev–Trinajstić information content (AvgIpc) is 3.50. The maximum atomic E-state index is 13.0. The average molecular weight is 457 g/mol. The lowest BCUT2D eigenvalue weighted by Gasteiger charge is -2.01. The van der Waals surface area contributed by atoms with Gasteiger partial charge in [-0.25, -0.2) is 0 Å². The molecule has 0 unspecified atom stereocenters. The van der Waals surface area contributed by atoms with Crippen molar-refractivity contribution in [1.82, 2.24) is 0 Å². The molecule has 0 saturated carbocycles. The third-order valence-corrected chi connectivity index (χ3v) is 7.52. The number of hydrogen-bond donors (Lipinski definition) is 0. The van der Waals surface area contributed by atoms with E-state index in [1.165, 1.54) is 10.8 Å². The molecule has 0 fully saturated rings. The van der Waals surface area contributed by atoms with E-state index in [2.05, 4.69) is 30.3 Å². The number of benzene rings is 4. The molecule has 4 heteroatoms. The van der Waals surface area contributed by atoms with Crippen molar-refractivity contribution in [2.24, 2.45) is 0 Å². The van der Waals surface area contributed by atoms with Gasteiger partial charge in [0.15, 0.2) is 11.6 Å². The quantitative estimate of drug-likeness (QED) is 0.196. The van der Waals surface area contributed by atoms with Crippen LogP contribution in [0.15, 0.2) is 101 Å². The third kappa shape index (κ3) is 2.89. The summed E-state index contributed by atoms with van der Waals surface area (Å²) < 4.78 is 7.00. The molecule has 0 spiro atoms. The maximum absolute atomic E-state index is 13.0. The van der Waals surface area contributed by atoms with Crippen LogP contribution in [0.4, 0.5) is 0 Å². The number of carbonyl (C=O) groups excluding carboxylic acids is 2. The van der Waals surface area contributed by atoms with E-state index >= 15 is 0 Å². The highest BCUT2D eigenvalue weighted by Gasteiger charge is 2.33. The molecule has 0 atom stereocenters. The highest BCUT2D eigenvalue weighted by molar-refractivity contribution is 7.22. The Morgan fingerprint density at radius 2 is 1.26 bits per heavy atom. The van der Waals surface area contributed by atoms with Crippen LogP contribution in [-0.4, -0.2) is 11.6 Å². The summed E-state index contributed by atoms with van der Waals surface area (Å²) >= 11 is 1.64. The molecule has 4 aromatic carbocycles. The monoisotopic (exact) mass is 456 g/mol. The van der Waals surface area contributed by atoms with Crippen LogP contribution in [0.3, 0.4) is 0 Å². The Balaban J connectivity index is 1.25. The zero-order valence-electron chi connectivity index (χ0n) is 17.9. The first-order valence-electron chi connectivity index (χ1n) is 11.0. The van der Waals surface area contributed by atoms with Gasteiger partial charge in [-0.15, -0.1) is 11.3 Å². The zero-order valence-corrected chi connectivity index (χ0v) is 18.7. The van der Waals surface area contributed by atoms with Crippen LogP contribution in [-0.2, 0) is 0 Å². The molecule has 0 aliphatic heterocycles. The van der Waals surface area contributed by atoms with Crippen molar-refractivity contribution in [2.75, 3.05) is 0 Å². The van der Waals surface area contributed by atoms with Gasteiger partial charge in [0, 0.05) is 28.1 Å². The molecule has 1 aliphatic carbocycles. The summed E-state index contributed by atoms with van der Waals surface area (Å²) in [6.45, 7) is 0. The van der Waals surface area contributed by atoms with Crippen molar-refractivity contribution in [1.29, 1.82) is 0 Å². The van der Waals surface area contributed by atoms with E-state index in [1.54, 1.807) is 17.4 Å². The molecule has 34 heavy (non-hydrogen) atoms. The second-order valence-electron chi connectivity index (χ2n) is 8.51. The minimum atomic E-state index is -0.248. The summed E-state index contributed by atoms with van der Waals surface area (Å²) in [5.41, 5.74) is 2.96. The first kappa shape index (κ1) is 19.2. The number of thiophene rings is 1. The molecule has 0 amide bonds. The van der Waals surface area contributed by atoms with Gasteiger partial charge in [-0.3, -0.25) is 9.59 Å². The molecule has 0 radical (unpaired) electrons. The van der Waals surface area contributed by atoms with Gasteiger partial charge < -0.3 is 4.42 Å². The fourth-order valence-corrected chi connectivity index (χ4v) is 5.72. The molecule has 1 aliphatic rings. The van der Waals surface area contributed by atoms with Crippen molar-refractivity contribution >= 4 is 60.8 Å². The predicted octanol–water partition coefficient (Wildman–Crippen LogP) is 7.93. The molecule has 2 aromatic heterocycles. The Labute approximate surface area is 198 Å². The largest absolute Gasteiger partial charge is 0.456 e. The van der Waals surface area contributed by atoms with E-state index in [1.807, 2.05) is 60.7 Å². The predicted molar refractivity (Wildman–Crippen MR) is 138 cm³/mol. The Morgan fingerprint density at radius 1 is 0.647 bits per heavy atom. The summed E-state index contributed by atoms with van der Waals surface area (Å²) in [6.07, 6.45) is 1.58. The minimum Gasteiger partial charge on any atom is -0.456 e. The highest BCUT2D eigenvalue weighted by atomic mass is 32.1. The van der Waals surface area contributed by atoms with Crippen LogP contribution in [0.25, 0.3) is 48.3 Å². The molecule has 2 heterocycles. The zero-order chi connectivity index (χ0) is 22.8. The second-order valence-corrected chi connectivity index (χ2v) is 9.59. The first-order valence-corrected chi connectivity index (χ1v) is 11.8. The normalized spacial score (nSPS) is 13.4. The Bertz CT molecular complexity index is 1760. The van der Waals surface area contributed by atoms with Crippen LogP contribution < -0.4 is 0 Å². The molecule has 3 nitrogen and oxygen atoms in total. The van der Waals surface area contributed by atoms with Crippen LogP contribution in [0.2, 0.25) is 0 Å². The standard InChI is InChI=1S/C30H16O3S/c31-29-23-12-19-7-3-4-8-20(19)13-24(23)30(32)25(29)14-22-15-28-26(33-22)16-27(34-28)21-10-9-17-5-1-2-6-18(17)11-21/h1-16H. The number of carbonyl (C=O) groups is 2. The van der Waals surface area contributed by atoms with Crippen molar-refractivity contribution in [3.05, 3.63) is 113 Å². The van der Waals surface area contributed by atoms with E-state index in [-0.39, 0.29) is 17.1 Å². The molecule has 0 saturated heterocycles. The maximum Gasteiger partial charge on any atom is 0.197 e. The van der Waals surface area contributed by atoms with E-state index < -0.39 is 0 Å². The van der Waals surface area contributed by atoms with Gasteiger partial charge in [0.05, 0.1) is 10.3 Å². The second kappa shape index (κ2) is 7.11.